The number of rotatable bonds is 2. The summed E-state index contributed by atoms with van der Waals surface area (Å²) in [4.78, 5) is 11.9. The molecule has 2 aromatic rings. The van der Waals surface area contributed by atoms with E-state index in [1.165, 1.54) is 0 Å². The highest BCUT2D eigenvalue weighted by molar-refractivity contribution is 6.31. The van der Waals surface area contributed by atoms with Crippen LogP contribution in [0.1, 0.15) is 15.9 Å². The predicted octanol–water partition coefficient (Wildman–Crippen LogP) is 4.52. The Hall–Kier alpha value is -1.51. The van der Waals surface area contributed by atoms with E-state index in [-0.39, 0.29) is 0 Å². The van der Waals surface area contributed by atoms with Crippen molar-refractivity contribution in [1.82, 2.24) is 0 Å². The van der Waals surface area contributed by atoms with Crippen LogP contribution in [-0.4, -0.2) is 5.97 Å². The van der Waals surface area contributed by atoms with Gasteiger partial charge in [0.1, 0.15) is 5.75 Å². The second-order valence-corrected chi connectivity index (χ2v) is 4.68. The monoisotopic (exact) mass is 280 g/mol. The Morgan fingerprint density at radius 2 is 1.78 bits per heavy atom. The van der Waals surface area contributed by atoms with Crippen LogP contribution in [0.2, 0.25) is 10.0 Å². The van der Waals surface area contributed by atoms with Crippen LogP contribution in [0.4, 0.5) is 0 Å². The molecule has 0 radical (unpaired) electrons. The first-order valence-electron chi connectivity index (χ1n) is 5.30. The topological polar surface area (TPSA) is 26.3 Å². The first kappa shape index (κ1) is 12.9. The van der Waals surface area contributed by atoms with E-state index in [1.807, 2.05) is 6.92 Å². The number of ether oxygens (including phenoxy) is 1. The number of aryl methyl sites for hydroxylation is 1. The van der Waals surface area contributed by atoms with Gasteiger partial charge in [0, 0.05) is 10.0 Å². The summed E-state index contributed by atoms with van der Waals surface area (Å²) < 4.78 is 5.28. The molecule has 0 atom stereocenters. The van der Waals surface area contributed by atoms with E-state index >= 15 is 0 Å². The Balaban J connectivity index is 2.21. The van der Waals surface area contributed by atoms with Gasteiger partial charge in [0.25, 0.3) is 0 Å². The zero-order valence-electron chi connectivity index (χ0n) is 9.61. The van der Waals surface area contributed by atoms with Crippen molar-refractivity contribution in [3.63, 3.8) is 0 Å². The SMILES string of the molecule is Cc1cc(Cl)ccc1OC(=O)c1cccc(Cl)c1. The van der Waals surface area contributed by atoms with Crippen molar-refractivity contribution in [3.05, 3.63) is 63.6 Å². The predicted molar refractivity (Wildman–Crippen MR) is 72.6 cm³/mol. The fraction of sp³-hybridized carbons (Fsp3) is 0.0714. The molecule has 2 rings (SSSR count). The lowest BCUT2D eigenvalue weighted by molar-refractivity contribution is 0.0733. The normalized spacial score (nSPS) is 10.2. The van der Waals surface area contributed by atoms with Crippen LogP contribution in [0, 0.1) is 6.92 Å². The molecule has 2 nitrogen and oxygen atoms in total. The quantitative estimate of drug-likeness (QED) is 0.597. The summed E-state index contributed by atoms with van der Waals surface area (Å²) in [6, 6.07) is 11.7. The summed E-state index contributed by atoms with van der Waals surface area (Å²) in [6.07, 6.45) is 0. The van der Waals surface area contributed by atoms with Gasteiger partial charge in [-0.15, -0.1) is 0 Å². The Morgan fingerprint density at radius 3 is 2.44 bits per heavy atom. The Kier molecular flexibility index (Phi) is 3.90. The third-order valence-electron chi connectivity index (χ3n) is 2.40. The van der Waals surface area contributed by atoms with Gasteiger partial charge >= 0.3 is 5.97 Å². The molecule has 0 saturated heterocycles. The summed E-state index contributed by atoms with van der Waals surface area (Å²) in [5.41, 5.74) is 1.22. The molecule has 0 unspecified atom stereocenters. The standard InChI is InChI=1S/C14H10Cl2O2/c1-9-7-12(16)5-6-13(9)18-14(17)10-3-2-4-11(15)8-10/h2-8H,1H3. The van der Waals surface area contributed by atoms with Gasteiger partial charge in [-0.3, -0.25) is 0 Å². The lowest BCUT2D eigenvalue weighted by Gasteiger charge is -2.07. The molecule has 0 N–H and O–H groups in total. The molecule has 0 aliphatic heterocycles. The largest absolute Gasteiger partial charge is 0.423 e. The molecule has 0 bridgehead atoms. The highest BCUT2D eigenvalue weighted by Gasteiger charge is 2.10. The Bertz CT molecular complexity index is 594. The Labute approximate surface area is 115 Å². The second-order valence-electron chi connectivity index (χ2n) is 3.81. The number of hydrogen-bond acceptors (Lipinski definition) is 2. The molecule has 2 aromatic carbocycles. The van der Waals surface area contributed by atoms with Gasteiger partial charge < -0.3 is 4.74 Å². The maximum Gasteiger partial charge on any atom is 0.343 e. The molecule has 0 aromatic heterocycles. The van der Waals surface area contributed by atoms with Crippen LogP contribution in [0.15, 0.2) is 42.5 Å². The average Bonchev–Trinajstić information content (AvgIpc) is 2.32. The zero-order valence-corrected chi connectivity index (χ0v) is 11.1. The minimum absolute atomic E-state index is 0.414. The third kappa shape index (κ3) is 3.03. The summed E-state index contributed by atoms with van der Waals surface area (Å²) in [7, 11) is 0. The molecule has 18 heavy (non-hydrogen) atoms. The minimum atomic E-state index is -0.442. The third-order valence-corrected chi connectivity index (χ3v) is 2.87. The number of esters is 1. The van der Waals surface area contributed by atoms with E-state index in [9.17, 15) is 4.79 Å². The van der Waals surface area contributed by atoms with Gasteiger partial charge in [0.15, 0.2) is 0 Å². The highest BCUT2D eigenvalue weighted by atomic mass is 35.5. The van der Waals surface area contributed by atoms with Crippen LogP contribution in [0.5, 0.6) is 5.75 Å². The van der Waals surface area contributed by atoms with E-state index in [0.29, 0.717) is 21.4 Å². The van der Waals surface area contributed by atoms with E-state index in [2.05, 4.69) is 0 Å². The number of benzene rings is 2. The molecular weight excluding hydrogens is 271 g/mol. The molecule has 0 aliphatic carbocycles. The average molecular weight is 281 g/mol. The number of carbonyl (C=O) groups is 1. The fourth-order valence-corrected chi connectivity index (χ4v) is 1.92. The van der Waals surface area contributed by atoms with E-state index in [1.54, 1.807) is 42.5 Å². The zero-order chi connectivity index (χ0) is 13.1. The van der Waals surface area contributed by atoms with Crippen LogP contribution in [0.3, 0.4) is 0 Å². The molecule has 92 valence electrons. The minimum Gasteiger partial charge on any atom is -0.423 e. The number of hydrogen-bond donors (Lipinski definition) is 0. The van der Waals surface area contributed by atoms with Crippen molar-refractivity contribution in [2.75, 3.05) is 0 Å². The fourth-order valence-electron chi connectivity index (χ4n) is 1.50. The summed E-state index contributed by atoms with van der Waals surface area (Å²) in [5.74, 6) is 0.0484. The maximum atomic E-state index is 11.9. The van der Waals surface area contributed by atoms with Gasteiger partial charge in [0.05, 0.1) is 5.56 Å². The van der Waals surface area contributed by atoms with Gasteiger partial charge in [0.2, 0.25) is 0 Å². The van der Waals surface area contributed by atoms with E-state index < -0.39 is 5.97 Å². The lowest BCUT2D eigenvalue weighted by Crippen LogP contribution is -2.09. The maximum absolute atomic E-state index is 11.9. The molecular formula is C14H10Cl2O2. The van der Waals surface area contributed by atoms with Gasteiger partial charge in [-0.2, -0.15) is 0 Å². The summed E-state index contributed by atoms with van der Waals surface area (Å²) in [6.45, 7) is 1.83. The van der Waals surface area contributed by atoms with Gasteiger partial charge in [-0.1, -0.05) is 29.3 Å². The molecule has 0 fully saturated rings. The molecule has 0 spiro atoms. The Morgan fingerprint density at radius 1 is 1.06 bits per heavy atom. The van der Waals surface area contributed by atoms with Gasteiger partial charge in [-0.05, 0) is 48.9 Å². The molecule has 4 heteroatoms. The second kappa shape index (κ2) is 5.42. The number of carbonyl (C=O) groups excluding carboxylic acids is 1. The molecule has 0 amide bonds. The smallest absolute Gasteiger partial charge is 0.343 e. The van der Waals surface area contributed by atoms with Crippen LogP contribution >= 0.6 is 23.2 Å². The van der Waals surface area contributed by atoms with Gasteiger partial charge in [-0.25, -0.2) is 4.79 Å². The molecule has 0 heterocycles. The first-order chi connectivity index (χ1) is 8.56. The van der Waals surface area contributed by atoms with E-state index in [0.717, 1.165) is 5.56 Å². The van der Waals surface area contributed by atoms with Crippen molar-refractivity contribution >= 4 is 29.2 Å². The first-order valence-corrected chi connectivity index (χ1v) is 6.06. The number of halogens is 2. The van der Waals surface area contributed by atoms with E-state index in [4.69, 9.17) is 27.9 Å². The van der Waals surface area contributed by atoms with Crippen molar-refractivity contribution < 1.29 is 9.53 Å². The molecule has 0 saturated carbocycles. The summed E-state index contributed by atoms with van der Waals surface area (Å²) >= 11 is 11.7. The van der Waals surface area contributed by atoms with Crippen LogP contribution in [-0.2, 0) is 0 Å². The molecule has 0 aliphatic rings. The lowest BCUT2D eigenvalue weighted by atomic mass is 10.2. The van der Waals surface area contributed by atoms with Crippen molar-refractivity contribution in [2.24, 2.45) is 0 Å². The summed E-state index contributed by atoms with van der Waals surface area (Å²) in [5, 5.41) is 1.10. The highest BCUT2D eigenvalue weighted by Crippen LogP contribution is 2.23. The van der Waals surface area contributed by atoms with Crippen LogP contribution in [0.25, 0.3) is 0 Å². The van der Waals surface area contributed by atoms with Crippen molar-refractivity contribution in [2.45, 2.75) is 6.92 Å². The van der Waals surface area contributed by atoms with Crippen molar-refractivity contribution in [1.29, 1.82) is 0 Å². The van der Waals surface area contributed by atoms with Crippen LogP contribution < -0.4 is 4.74 Å². The van der Waals surface area contributed by atoms with Crippen molar-refractivity contribution in [3.8, 4) is 5.75 Å².